The summed E-state index contributed by atoms with van der Waals surface area (Å²) in [5.41, 5.74) is 0. The van der Waals surface area contributed by atoms with Crippen LogP contribution in [0, 0.1) is 0 Å². The van der Waals surface area contributed by atoms with Gasteiger partial charge in [0, 0.05) is 43.8 Å². The number of hydrogen-bond donors (Lipinski definition) is 2. The summed E-state index contributed by atoms with van der Waals surface area (Å²) in [6.07, 6.45) is 2.70. The maximum atomic E-state index is 4.77. The highest BCUT2D eigenvalue weighted by atomic mass is 15.2. The van der Waals surface area contributed by atoms with Crippen molar-refractivity contribution in [1.29, 1.82) is 0 Å². The average Bonchev–Trinajstić information content (AvgIpc) is 3.31. The average molecular weight is 326 g/mol. The van der Waals surface area contributed by atoms with Crippen LogP contribution in [0.25, 0.3) is 0 Å². The van der Waals surface area contributed by atoms with Crippen LogP contribution in [0.2, 0.25) is 0 Å². The maximum Gasteiger partial charge on any atom is 0.191 e. The molecule has 1 saturated carbocycles. The van der Waals surface area contributed by atoms with E-state index in [-0.39, 0.29) is 0 Å². The molecule has 1 unspecified atom stereocenters. The Kier molecular flexibility index (Phi) is 8.92. The standard InChI is InChI=1S/C18H39N5/c1-8-19-18(20-11-12-23(14(2)3)15(4)5)21-13-16(6)22(7)17-9-10-17/h14-17H,8-13H2,1-7H3,(H2,19,20,21). The smallest absolute Gasteiger partial charge is 0.191 e. The monoisotopic (exact) mass is 325 g/mol. The van der Waals surface area contributed by atoms with E-state index in [4.69, 9.17) is 4.99 Å². The largest absolute Gasteiger partial charge is 0.357 e. The van der Waals surface area contributed by atoms with Gasteiger partial charge in [0.05, 0.1) is 6.54 Å². The second kappa shape index (κ2) is 10.1. The zero-order chi connectivity index (χ0) is 17.4. The number of nitrogens with one attached hydrogen (secondary N) is 2. The van der Waals surface area contributed by atoms with Crippen molar-refractivity contribution in [3.8, 4) is 0 Å². The third kappa shape index (κ3) is 7.53. The summed E-state index contributed by atoms with van der Waals surface area (Å²) in [7, 11) is 2.22. The van der Waals surface area contributed by atoms with Crippen molar-refractivity contribution in [3.05, 3.63) is 0 Å². The van der Waals surface area contributed by atoms with Crippen molar-refractivity contribution in [2.45, 2.75) is 78.6 Å². The van der Waals surface area contributed by atoms with Crippen molar-refractivity contribution in [1.82, 2.24) is 20.4 Å². The Labute approximate surface area is 143 Å². The molecule has 0 saturated heterocycles. The Balaban J connectivity index is 2.42. The summed E-state index contributed by atoms with van der Waals surface area (Å²) in [5.74, 6) is 0.941. The minimum absolute atomic E-state index is 0.501. The van der Waals surface area contributed by atoms with Gasteiger partial charge in [0.15, 0.2) is 5.96 Å². The minimum atomic E-state index is 0.501. The number of aliphatic imine (C=N–C) groups is 1. The van der Waals surface area contributed by atoms with Gasteiger partial charge in [0.2, 0.25) is 0 Å². The molecule has 0 aromatic heterocycles. The lowest BCUT2D eigenvalue weighted by Crippen LogP contribution is -2.45. The van der Waals surface area contributed by atoms with Gasteiger partial charge in [-0.2, -0.15) is 0 Å². The van der Waals surface area contributed by atoms with E-state index in [0.29, 0.717) is 18.1 Å². The third-order valence-corrected chi connectivity index (χ3v) is 4.66. The van der Waals surface area contributed by atoms with Crippen molar-refractivity contribution >= 4 is 5.96 Å². The summed E-state index contributed by atoms with van der Waals surface area (Å²) in [6.45, 7) is 17.1. The molecule has 136 valence electrons. The van der Waals surface area contributed by atoms with Gasteiger partial charge in [-0.1, -0.05) is 0 Å². The molecule has 2 N–H and O–H groups in total. The SMILES string of the molecule is CCNC(=NCC(C)N(C)C1CC1)NCCN(C(C)C)C(C)C. The summed E-state index contributed by atoms with van der Waals surface area (Å²) >= 11 is 0. The Morgan fingerprint density at radius 3 is 2.17 bits per heavy atom. The lowest BCUT2D eigenvalue weighted by molar-refractivity contribution is 0.178. The van der Waals surface area contributed by atoms with Crippen molar-refractivity contribution in [2.75, 3.05) is 33.2 Å². The van der Waals surface area contributed by atoms with Crippen LogP contribution in [0.3, 0.4) is 0 Å². The molecular formula is C18H39N5. The summed E-state index contributed by atoms with van der Waals surface area (Å²) in [4.78, 5) is 9.73. The Hall–Kier alpha value is -0.810. The Morgan fingerprint density at radius 2 is 1.70 bits per heavy atom. The van der Waals surface area contributed by atoms with Crippen LogP contribution in [0.1, 0.15) is 54.4 Å². The molecule has 0 radical (unpaired) electrons. The number of rotatable bonds is 10. The van der Waals surface area contributed by atoms with Crippen LogP contribution in [0.15, 0.2) is 4.99 Å². The lowest BCUT2D eigenvalue weighted by Gasteiger charge is -2.30. The van der Waals surface area contributed by atoms with E-state index >= 15 is 0 Å². The van der Waals surface area contributed by atoms with Crippen molar-refractivity contribution in [3.63, 3.8) is 0 Å². The molecule has 0 aromatic rings. The van der Waals surface area contributed by atoms with E-state index in [1.54, 1.807) is 0 Å². The first-order valence-electron chi connectivity index (χ1n) is 9.36. The molecule has 0 spiro atoms. The number of likely N-dealkylation sites (N-methyl/N-ethyl adjacent to an activating group) is 1. The van der Waals surface area contributed by atoms with E-state index in [1.807, 2.05) is 0 Å². The van der Waals surface area contributed by atoms with Gasteiger partial charge in [0.1, 0.15) is 0 Å². The van der Waals surface area contributed by atoms with E-state index in [9.17, 15) is 0 Å². The number of guanidine groups is 1. The fraction of sp³-hybridized carbons (Fsp3) is 0.944. The highest BCUT2D eigenvalue weighted by Gasteiger charge is 2.28. The molecule has 1 rings (SSSR count). The Morgan fingerprint density at radius 1 is 1.09 bits per heavy atom. The van der Waals surface area contributed by atoms with E-state index in [0.717, 1.165) is 38.2 Å². The molecule has 0 aromatic carbocycles. The molecular weight excluding hydrogens is 286 g/mol. The van der Waals surface area contributed by atoms with E-state index in [2.05, 4.69) is 69.0 Å². The first kappa shape index (κ1) is 20.2. The van der Waals surface area contributed by atoms with Gasteiger partial charge >= 0.3 is 0 Å². The molecule has 1 atom stereocenters. The van der Waals surface area contributed by atoms with Gasteiger partial charge in [0.25, 0.3) is 0 Å². The Bertz CT molecular complexity index is 341. The molecule has 0 heterocycles. The van der Waals surface area contributed by atoms with Crippen LogP contribution in [-0.2, 0) is 0 Å². The molecule has 0 aliphatic heterocycles. The molecule has 5 nitrogen and oxygen atoms in total. The van der Waals surface area contributed by atoms with Crippen molar-refractivity contribution in [2.24, 2.45) is 4.99 Å². The number of nitrogens with zero attached hydrogens (tertiary/aromatic N) is 3. The molecule has 1 aliphatic rings. The summed E-state index contributed by atoms with van der Waals surface area (Å²) in [6, 6.07) is 2.44. The zero-order valence-corrected chi connectivity index (χ0v) is 16.4. The normalized spacial score (nSPS) is 17.4. The molecule has 1 aliphatic carbocycles. The van der Waals surface area contributed by atoms with E-state index < -0.39 is 0 Å². The van der Waals surface area contributed by atoms with Crippen LogP contribution >= 0.6 is 0 Å². The third-order valence-electron chi connectivity index (χ3n) is 4.66. The van der Waals surface area contributed by atoms with Crippen LogP contribution in [0.4, 0.5) is 0 Å². The van der Waals surface area contributed by atoms with Gasteiger partial charge in [-0.25, -0.2) is 0 Å². The highest BCUT2D eigenvalue weighted by molar-refractivity contribution is 5.79. The van der Waals surface area contributed by atoms with E-state index in [1.165, 1.54) is 12.8 Å². The summed E-state index contributed by atoms with van der Waals surface area (Å²) < 4.78 is 0. The molecule has 5 heteroatoms. The fourth-order valence-corrected chi connectivity index (χ4v) is 2.95. The molecule has 0 bridgehead atoms. The van der Waals surface area contributed by atoms with Crippen molar-refractivity contribution < 1.29 is 0 Å². The molecule has 23 heavy (non-hydrogen) atoms. The lowest BCUT2D eigenvalue weighted by atomic mass is 10.2. The molecule has 0 amide bonds. The first-order valence-corrected chi connectivity index (χ1v) is 9.36. The minimum Gasteiger partial charge on any atom is -0.357 e. The zero-order valence-electron chi connectivity index (χ0n) is 16.4. The quantitative estimate of drug-likeness (QED) is 0.477. The molecule has 1 fully saturated rings. The maximum absolute atomic E-state index is 4.77. The van der Waals surface area contributed by atoms with Gasteiger partial charge in [-0.15, -0.1) is 0 Å². The number of hydrogen-bond acceptors (Lipinski definition) is 3. The highest BCUT2D eigenvalue weighted by Crippen LogP contribution is 2.26. The van der Waals surface area contributed by atoms with Crippen LogP contribution in [0.5, 0.6) is 0 Å². The first-order chi connectivity index (χ1) is 10.9. The predicted molar refractivity (Wildman–Crippen MR) is 101 cm³/mol. The summed E-state index contributed by atoms with van der Waals surface area (Å²) in [5, 5.41) is 6.83. The second-order valence-corrected chi connectivity index (χ2v) is 7.32. The van der Waals surface area contributed by atoms with Crippen LogP contribution in [-0.4, -0.2) is 73.2 Å². The van der Waals surface area contributed by atoms with Crippen LogP contribution < -0.4 is 10.6 Å². The van der Waals surface area contributed by atoms with Gasteiger partial charge < -0.3 is 10.6 Å². The topological polar surface area (TPSA) is 42.9 Å². The fourth-order valence-electron chi connectivity index (χ4n) is 2.95. The van der Waals surface area contributed by atoms with Gasteiger partial charge in [-0.3, -0.25) is 14.8 Å². The second-order valence-electron chi connectivity index (χ2n) is 7.32. The predicted octanol–water partition coefficient (Wildman–Crippen LogP) is 2.14. The van der Waals surface area contributed by atoms with Gasteiger partial charge in [-0.05, 0) is 61.4 Å².